The maximum absolute atomic E-state index is 13.3. The summed E-state index contributed by atoms with van der Waals surface area (Å²) in [7, 11) is -2.60. The number of nitrogens with zero attached hydrogens (tertiary/aromatic N) is 2. The third kappa shape index (κ3) is 3.45. The highest BCUT2D eigenvalue weighted by Gasteiger charge is 2.25. The smallest absolute Gasteiger partial charge is 0.263 e. The highest BCUT2D eigenvalue weighted by molar-refractivity contribution is 7.89. The Morgan fingerprint density at radius 1 is 1.59 bits per heavy atom. The number of hydrogen-bond donors (Lipinski definition) is 1. The van der Waals surface area contributed by atoms with Gasteiger partial charge in [-0.15, -0.1) is 0 Å². The summed E-state index contributed by atoms with van der Waals surface area (Å²) in [6, 6.07) is 2.37. The average Bonchev–Trinajstić information content (AvgIpc) is 2.26. The third-order valence-corrected chi connectivity index (χ3v) is 4.03. The lowest BCUT2D eigenvalue weighted by molar-refractivity contribution is 0.177. The van der Waals surface area contributed by atoms with Gasteiger partial charge in [-0.05, 0) is 25.5 Å². The first-order valence-electron chi connectivity index (χ1n) is 5.10. The fraction of sp³-hybridized carbons (Fsp3) is 0.500. The maximum Gasteiger partial charge on any atom is 0.263 e. The first kappa shape index (κ1) is 14.0. The van der Waals surface area contributed by atoms with Crippen molar-refractivity contribution >= 4 is 10.0 Å². The lowest BCUT2D eigenvalue weighted by Gasteiger charge is -2.17. The molecule has 1 heterocycles. The van der Waals surface area contributed by atoms with E-state index in [-0.39, 0.29) is 13.0 Å². The van der Waals surface area contributed by atoms with E-state index in [1.807, 2.05) is 0 Å². The molecule has 0 bridgehead atoms. The van der Waals surface area contributed by atoms with E-state index in [1.54, 1.807) is 6.92 Å². The van der Waals surface area contributed by atoms with E-state index in [2.05, 4.69) is 4.98 Å². The Morgan fingerprint density at radius 2 is 2.24 bits per heavy atom. The molecule has 0 radical (unpaired) electrons. The predicted octanol–water partition coefficient (Wildman–Crippen LogP) is 0.612. The van der Waals surface area contributed by atoms with Gasteiger partial charge in [0.05, 0.1) is 6.10 Å². The monoisotopic (exact) mass is 262 g/mol. The van der Waals surface area contributed by atoms with Crippen molar-refractivity contribution in [1.82, 2.24) is 9.29 Å². The molecule has 1 atom stereocenters. The predicted molar refractivity (Wildman–Crippen MR) is 60.3 cm³/mol. The van der Waals surface area contributed by atoms with Gasteiger partial charge in [0.25, 0.3) is 10.0 Å². The molecule has 5 nitrogen and oxygen atoms in total. The van der Waals surface area contributed by atoms with Crippen molar-refractivity contribution < 1.29 is 17.9 Å². The minimum absolute atomic E-state index is 0.107. The SMILES string of the molecule is CC(O)CCN(C)S(=O)(=O)c1ncccc1F. The zero-order chi connectivity index (χ0) is 13.1. The van der Waals surface area contributed by atoms with Gasteiger partial charge < -0.3 is 5.11 Å². The van der Waals surface area contributed by atoms with E-state index in [0.29, 0.717) is 0 Å². The van der Waals surface area contributed by atoms with Gasteiger partial charge in [-0.3, -0.25) is 0 Å². The summed E-state index contributed by atoms with van der Waals surface area (Å²) in [6.45, 7) is 1.66. The molecule has 17 heavy (non-hydrogen) atoms. The molecule has 0 amide bonds. The van der Waals surface area contributed by atoms with Gasteiger partial charge in [0.2, 0.25) is 5.03 Å². The Labute approximate surface area is 100.0 Å². The number of aromatic nitrogens is 1. The number of sulfonamides is 1. The van der Waals surface area contributed by atoms with Crippen LogP contribution in [0.25, 0.3) is 0 Å². The van der Waals surface area contributed by atoms with E-state index in [1.165, 1.54) is 19.3 Å². The van der Waals surface area contributed by atoms with Gasteiger partial charge in [-0.25, -0.2) is 17.8 Å². The maximum atomic E-state index is 13.3. The minimum Gasteiger partial charge on any atom is -0.393 e. The second-order valence-electron chi connectivity index (χ2n) is 3.75. The molecule has 0 spiro atoms. The summed E-state index contributed by atoms with van der Waals surface area (Å²) in [5.74, 6) is -0.878. The summed E-state index contributed by atoms with van der Waals surface area (Å²) >= 11 is 0. The Balaban J connectivity index is 2.92. The average molecular weight is 262 g/mol. The van der Waals surface area contributed by atoms with Crippen LogP contribution in [0.15, 0.2) is 23.4 Å². The van der Waals surface area contributed by atoms with E-state index < -0.39 is 27.0 Å². The molecule has 0 aliphatic heterocycles. The molecule has 1 N–H and O–H groups in total. The highest BCUT2D eigenvalue weighted by Crippen LogP contribution is 2.15. The number of pyridine rings is 1. The van der Waals surface area contributed by atoms with Crippen LogP contribution in [0.1, 0.15) is 13.3 Å². The second-order valence-corrected chi connectivity index (χ2v) is 5.71. The summed E-state index contributed by atoms with van der Waals surface area (Å²) < 4.78 is 38.1. The van der Waals surface area contributed by atoms with Gasteiger partial charge in [0, 0.05) is 19.8 Å². The van der Waals surface area contributed by atoms with Gasteiger partial charge in [0.15, 0.2) is 5.82 Å². The van der Waals surface area contributed by atoms with Crippen LogP contribution in [-0.4, -0.2) is 42.5 Å². The van der Waals surface area contributed by atoms with Crippen molar-refractivity contribution in [2.75, 3.05) is 13.6 Å². The van der Waals surface area contributed by atoms with Crippen molar-refractivity contribution in [3.05, 3.63) is 24.1 Å². The quantitative estimate of drug-likeness (QED) is 0.844. The topological polar surface area (TPSA) is 70.5 Å². The van der Waals surface area contributed by atoms with Crippen molar-refractivity contribution in [2.45, 2.75) is 24.5 Å². The zero-order valence-corrected chi connectivity index (χ0v) is 10.5. The summed E-state index contributed by atoms with van der Waals surface area (Å²) in [5, 5.41) is 8.49. The lowest BCUT2D eigenvalue weighted by Crippen LogP contribution is -2.30. The van der Waals surface area contributed by atoms with E-state index in [0.717, 1.165) is 10.4 Å². The number of aliphatic hydroxyl groups excluding tert-OH is 1. The van der Waals surface area contributed by atoms with Crippen LogP contribution < -0.4 is 0 Å². The van der Waals surface area contributed by atoms with Crippen LogP contribution in [0.4, 0.5) is 4.39 Å². The van der Waals surface area contributed by atoms with Crippen molar-refractivity contribution in [2.24, 2.45) is 0 Å². The Bertz CT molecular complexity index is 476. The molecule has 0 aromatic carbocycles. The van der Waals surface area contributed by atoms with Gasteiger partial charge in [-0.1, -0.05) is 0 Å². The Kier molecular flexibility index (Phi) is 4.55. The summed E-state index contributed by atoms with van der Waals surface area (Å²) in [6.07, 6.45) is 0.893. The number of rotatable bonds is 5. The van der Waals surface area contributed by atoms with E-state index >= 15 is 0 Å². The zero-order valence-electron chi connectivity index (χ0n) is 9.67. The van der Waals surface area contributed by atoms with Crippen molar-refractivity contribution in [1.29, 1.82) is 0 Å². The molecular formula is C10H15FN2O3S. The van der Waals surface area contributed by atoms with Crippen LogP contribution in [0.5, 0.6) is 0 Å². The van der Waals surface area contributed by atoms with Crippen LogP contribution in [0, 0.1) is 5.82 Å². The molecule has 0 fully saturated rings. The molecule has 1 aromatic rings. The Hall–Kier alpha value is -1.05. The first-order valence-corrected chi connectivity index (χ1v) is 6.54. The first-order chi connectivity index (χ1) is 7.85. The van der Waals surface area contributed by atoms with E-state index in [4.69, 9.17) is 5.11 Å². The molecule has 96 valence electrons. The van der Waals surface area contributed by atoms with Crippen LogP contribution >= 0.6 is 0 Å². The normalized spacial score (nSPS) is 13.9. The molecule has 1 aromatic heterocycles. The minimum atomic E-state index is -3.93. The molecule has 1 rings (SSSR count). The van der Waals surface area contributed by atoms with Crippen LogP contribution in [0.3, 0.4) is 0 Å². The number of hydrogen-bond acceptors (Lipinski definition) is 4. The third-order valence-electron chi connectivity index (χ3n) is 2.24. The standard InChI is InChI=1S/C10H15FN2O3S/c1-8(14)5-7-13(2)17(15,16)10-9(11)4-3-6-12-10/h3-4,6,8,14H,5,7H2,1-2H3. The molecule has 1 unspecified atom stereocenters. The Morgan fingerprint density at radius 3 is 2.76 bits per heavy atom. The molecule has 0 saturated carbocycles. The number of halogens is 1. The largest absolute Gasteiger partial charge is 0.393 e. The molecule has 0 saturated heterocycles. The highest BCUT2D eigenvalue weighted by atomic mass is 32.2. The van der Waals surface area contributed by atoms with Crippen LogP contribution in [-0.2, 0) is 10.0 Å². The lowest BCUT2D eigenvalue weighted by atomic mass is 10.3. The molecular weight excluding hydrogens is 247 g/mol. The van der Waals surface area contributed by atoms with Gasteiger partial charge >= 0.3 is 0 Å². The van der Waals surface area contributed by atoms with Crippen molar-refractivity contribution in [3.8, 4) is 0 Å². The van der Waals surface area contributed by atoms with E-state index in [9.17, 15) is 12.8 Å². The van der Waals surface area contributed by atoms with Crippen molar-refractivity contribution in [3.63, 3.8) is 0 Å². The van der Waals surface area contributed by atoms with Crippen LogP contribution in [0.2, 0.25) is 0 Å². The fourth-order valence-corrected chi connectivity index (χ4v) is 2.35. The molecule has 7 heteroatoms. The van der Waals surface area contributed by atoms with Gasteiger partial charge in [0.1, 0.15) is 0 Å². The molecule has 0 aliphatic rings. The fourth-order valence-electron chi connectivity index (χ4n) is 1.20. The summed E-state index contributed by atoms with van der Waals surface area (Å²) in [4.78, 5) is 3.53. The summed E-state index contributed by atoms with van der Waals surface area (Å²) in [5.41, 5.74) is 0. The molecule has 0 aliphatic carbocycles. The number of aliphatic hydroxyl groups is 1. The van der Waals surface area contributed by atoms with Gasteiger partial charge in [-0.2, -0.15) is 4.31 Å². The second kappa shape index (κ2) is 5.52.